The van der Waals surface area contributed by atoms with Gasteiger partial charge in [0.1, 0.15) is 5.82 Å². The molecule has 0 spiro atoms. The predicted molar refractivity (Wildman–Crippen MR) is 68.8 cm³/mol. The molecule has 0 aliphatic heterocycles. The van der Waals surface area contributed by atoms with E-state index in [1.165, 1.54) is 18.2 Å². The predicted octanol–water partition coefficient (Wildman–Crippen LogP) is 1.81. The van der Waals surface area contributed by atoms with Crippen LogP contribution in [-0.4, -0.2) is 25.7 Å². The molecule has 0 saturated carbocycles. The smallest absolute Gasteiger partial charge is 0.254 e. The SMILES string of the molecule is COCC(NC(=O)c1cc(N)ccc1F)C(C)C. The molecule has 0 saturated heterocycles. The van der Waals surface area contributed by atoms with Crippen LogP contribution in [0.25, 0.3) is 0 Å². The average Bonchev–Trinajstić information content (AvgIpc) is 2.31. The Morgan fingerprint density at radius 2 is 2.17 bits per heavy atom. The first kappa shape index (κ1) is 14.4. The van der Waals surface area contributed by atoms with Crippen molar-refractivity contribution in [2.75, 3.05) is 19.5 Å². The summed E-state index contributed by atoms with van der Waals surface area (Å²) in [6.07, 6.45) is 0. The normalized spacial score (nSPS) is 12.5. The average molecular weight is 254 g/mol. The molecule has 0 aliphatic rings. The highest BCUT2D eigenvalue weighted by Gasteiger charge is 2.19. The van der Waals surface area contributed by atoms with Crippen molar-refractivity contribution in [2.24, 2.45) is 5.92 Å². The summed E-state index contributed by atoms with van der Waals surface area (Å²) in [6, 6.07) is 3.77. The second-order valence-electron chi connectivity index (χ2n) is 4.52. The summed E-state index contributed by atoms with van der Waals surface area (Å²) < 4.78 is 18.5. The Bertz CT molecular complexity index is 421. The van der Waals surface area contributed by atoms with Gasteiger partial charge in [-0.25, -0.2) is 4.39 Å². The van der Waals surface area contributed by atoms with Crippen molar-refractivity contribution < 1.29 is 13.9 Å². The number of nitrogens with two attached hydrogens (primary N) is 1. The maximum absolute atomic E-state index is 13.5. The number of nitrogens with one attached hydrogen (secondary N) is 1. The molecule has 0 heterocycles. The highest BCUT2D eigenvalue weighted by Crippen LogP contribution is 2.13. The maximum atomic E-state index is 13.5. The molecule has 18 heavy (non-hydrogen) atoms. The zero-order valence-electron chi connectivity index (χ0n) is 10.9. The van der Waals surface area contributed by atoms with Crippen molar-refractivity contribution in [3.05, 3.63) is 29.6 Å². The second-order valence-corrected chi connectivity index (χ2v) is 4.52. The minimum atomic E-state index is -0.582. The van der Waals surface area contributed by atoms with Gasteiger partial charge in [-0.05, 0) is 24.1 Å². The number of ether oxygens (including phenoxy) is 1. The van der Waals surface area contributed by atoms with E-state index in [2.05, 4.69) is 5.32 Å². The Morgan fingerprint density at radius 1 is 1.50 bits per heavy atom. The van der Waals surface area contributed by atoms with Gasteiger partial charge < -0.3 is 15.8 Å². The van der Waals surface area contributed by atoms with Crippen molar-refractivity contribution in [1.82, 2.24) is 5.32 Å². The molecule has 1 unspecified atom stereocenters. The van der Waals surface area contributed by atoms with Gasteiger partial charge in [0.05, 0.1) is 18.2 Å². The summed E-state index contributed by atoms with van der Waals surface area (Å²) in [7, 11) is 1.56. The van der Waals surface area contributed by atoms with Crippen molar-refractivity contribution in [3.63, 3.8) is 0 Å². The summed E-state index contributed by atoms with van der Waals surface area (Å²) in [6.45, 7) is 4.30. The fourth-order valence-electron chi connectivity index (χ4n) is 1.54. The minimum absolute atomic E-state index is 0.0447. The van der Waals surface area contributed by atoms with Gasteiger partial charge >= 0.3 is 0 Å². The number of hydrogen-bond donors (Lipinski definition) is 2. The van der Waals surface area contributed by atoms with Gasteiger partial charge in [-0.3, -0.25) is 4.79 Å². The quantitative estimate of drug-likeness (QED) is 0.788. The number of benzene rings is 1. The van der Waals surface area contributed by atoms with Gasteiger partial charge in [0, 0.05) is 12.8 Å². The third-order valence-corrected chi connectivity index (χ3v) is 2.70. The Hall–Kier alpha value is -1.62. The van der Waals surface area contributed by atoms with Gasteiger partial charge in [-0.1, -0.05) is 13.8 Å². The highest BCUT2D eigenvalue weighted by molar-refractivity contribution is 5.95. The van der Waals surface area contributed by atoms with Crippen LogP contribution < -0.4 is 11.1 Å². The van der Waals surface area contributed by atoms with Gasteiger partial charge in [0.15, 0.2) is 0 Å². The van der Waals surface area contributed by atoms with E-state index in [-0.39, 0.29) is 17.5 Å². The largest absolute Gasteiger partial charge is 0.399 e. The zero-order chi connectivity index (χ0) is 13.7. The summed E-state index contributed by atoms with van der Waals surface area (Å²) in [4.78, 5) is 11.9. The fraction of sp³-hybridized carbons (Fsp3) is 0.462. The topological polar surface area (TPSA) is 64.3 Å². The van der Waals surface area contributed by atoms with Crippen LogP contribution in [0.15, 0.2) is 18.2 Å². The summed E-state index contributed by atoms with van der Waals surface area (Å²) in [5, 5.41) is 2.74. The van der Waals surface area contributed by atoms with E-state index in [0.717, 1.165) is 0 Å². The van der Waals surface area contributed by atoms with E-state index in [1.807, 2.05) is 13.8 Å². The minimum Gasteiger partial charge on any atom is -0.399 e. The molecule has 4 nitrogen and oxygen atoms in total. The molecule has 0 radical (unpaired) electrons. The van der Waals surface area contributed by atoms with E-state index in [4.69, 9.17) is 10.5 Å². The highest BCUT2D eigenvalue weighted by atomic mass is 19.1. The van der Waals surface area contributed by atoms with E-state index >= 15 is 0 Å². The number of amides is 1. The van der Waals surface area contributed by atoms with E-state index in [1.54, 1.807) is 7.11 Å². The second kappa shape index (κ2) is 6.35. The van der Waals surface area contributed by atoms with Crippen molar-refractivity contribution in [2.45, 2.75) is 19.9 Å². The summed E-state index contributed by atoms with van der Waals surface area (Å²) in [5.41, 5.74) is 5.85. The number of carbonyl (C=O) groups excluding carboxylic acids is 1. The van der Waals surface area contributed by atoms with E-state index in [9.17, 15) is 9.18 Å². The molecule has 5 heteroatoms. The lowest BCUT2D eigenvalue weighted by Gasteiger charge is -2.21. The zero-order valence-corrected chi connectivity index (χ0v) is 10.9. The number of nitrogen functional groups attached to an aromatic ring is 1. The molecule has 1 aromatic rings. The lowest BCUT2D eigenvalue weighted by Crippen LogP contribution is -2.42. The first-order chi connectivity index (χ1) is 8.45. The lowest BCUT2D eigenvalue weighted by atomic mass is 10.0. The molecule has 0 aliphatic carbocycles. The third kappa shape index (κ3) is 3.70. The fourth-order valence-corrected chi connectivity index (χ4v) is 1.54. The van der Waals surface area contributed by atoms with Crippen LogP contribution in [0.4, 0.5) is 10.1 Å². The summed E-state index contributed by atoms with van der Waals surface area (Å²) >= 11 is 0. The van der Waals surface area contributed by atoms with Crippen LogP contribution in [0.5, 0.6) is 0 Å². The molecule has 3 N–H and O–H groups in total. The Labute approximate surface area is 106 Å². The Kier molecular flexibility index (Phi) is 5.09. The van der Waals surface area contributed by atoms with Gasteiger partial charge in [0.25, 0.3) is 5.91 Å². The van der Waals surface area contributed by atoms with Crippen molar-refractivity contribution in [1.29, 1.82) is 0 Å². The first-order valence-electron chi connectivity index (χ1n) is 5.80. The Morgan fingerprint density at radius 3 is 2.72 bits per heavy atom. The number of halogens is 1. The Balaban J connectivity index is 2.83. The standard InChI is InChI=1S/C13H19FN2O2/c1-8(2)12(7-18-3)16-13(17)10-6-9(15)4-5-11(10)14/h4-6,8,12H,7,15H2,1-3H3,(H,16,17). The van der Waals surface area contributed by atoms with Crippen molar-refractivity contribution >= 4 is 11.6 Å². The van der Waals surface area contributed by atoms with Crippen LogP contribution in [0.3, 0.4) is 0 Å². The molecule has 1 rings (SSSR count). The number of methoxy groups -OCH3 is 1. The van der Waals surface area contributed by atoms with Crippen LogP contribution in [0, 0.1) is 11.7 Å². The molecule has 1 atom stereocenters. The number of rotatable bonds is 5. The van der Waals surface area contributed by atoms with Crippen LogP contribution in [0.2, 0.25) is 0 Å². The number of hydrogen-bond acceptors (Lipinski definition) is 3. The molecule has 0 bridgehead atoms. The van der Waals surface area contributed by atoms with Crippen LogP contribution in [-0.2, 0) is 4.74 Å². The molecule has 100 valence electrons. The molecule has 0 fully saturated rings. The first-order valence-corrected chi connectivity index (χ1v) is 5.80. The molecule has 1 amide bonds. The summed E-state index contributed by atoms with van der Waals surface area (Å²) in [5.74, 6) is -0.866. The third-order valence-electron chi connectivity index (χ3n) is 2.70. The van der Waals surface area contributed by atoms with Gasteiger partial charge in [-0.15, -0.1) is 0 Å². The molecule has 1 aromatic carbocycles. The van der Waals surface area contributed by atoms with Gasteiger partial charge in [-0.2, -0.15) is 0 Å². The number of carbonyl (C=O) groups is 1. The number of anilines is 1. The lowest BCUT2D eigenvalue weighted by molar-refractivity contribution is 0.0862. The van der Waals surface area contributed by atoms with E-state index < -0.39 is 11.7 Å². The monoisotopic (exact) mass is 254 g/mol. The van der Waals surface area contributed by atoms with Crippen LogP contribution >= 0.6 is 0 Å². The van der Waals surface area contributed by atoms with Gasteiger partial charge in [0.2, 0.25) is 0 Å². The molecule has 0 aromatic heterocycles. The molecular weight excluding hydrogens is 235 g/mol. The van der Waals surface area contributed by atoms with Crippen LogP contribution in [0.1, 0.15) is 24.2 Å². The molecular formula is C13H19FN2O2. The maximum Gasteiger partial charge on any atom is 0.254 e. The van der Waals surface area contributed by atoms with E-state index in [0.29, 0.717) is 12.3 Å². The van der Waals surface area contributed by atoms with Crippen molar-refractivity contribution in [3.8, 4) is 0 Å².